The van der Waals surface area contributed by atoms with Crippen molar-refractivity contribution in [2.24, 2.45) is 0 Å². The summed E-state index contributed by atoms with van der Waals surface area (Å²) < 4.78 is 12.5. The second kappa shape index (κ2) is 13.4. The predicted octanol–water partition coefficient (Wildman–Crippen LogP) is 5.28. The van der Waals surface area contributed by atoms with Gasteiger partial charge in [0, 0.05) is 4.88 Å². The number of thiophene rings is 1. The minimum absolute atomic E-state index is 0.0431. The van der Waals surface area contributed by atoms with Crippen molar-refractivity contribution in [3.8, 4) is 11.4 Å². The molecule has 5 rings (SSSR count). The smallest absolute Gasteiger partial charge is 0.341 e. The number of hydrogen-bond donors (Lipinski definition) is 2. The van der Waals surface area contributed by atoms with Crippen molar-refractivity contribution in [1.82, 2.24) is 20.1 Å². The number of carbonyl (C=O) groups excluding carboxylic acids is 3. The quantitative estimate of drug-likeness (QED) is 0.172. The molecule has 2 heterocycles. The Morgan fingerprint density at radius 2 is 1.91 bits per heavy atom. The predicted molar refractivity (Wildman–Crippen MR) is 167 cm³/mol. The van der Waals surface area contributed by atoms with Crippen molar-refractivity contribution in [2.45, 2.75) is 51.7 Å². The van der Waals surface area contributed by atoms with Gasteiger partial charge in [0.25, 0.3) is 5.91 Å². The molecule has 0 spiro atoms. The Hall–Kier alpha value is -4.16. The molecule has 2 N–H and O–H groups in total. The van der Waals surface area contributed by atoms with Gasteiger partial charge in [-0.15, -0.1) is 21.5 Å². The van der Waals surface area contributed by atoms with E-state index < -0.39 is 5.97 Å². The fourth-order valence-corrected chi connectivity index (χ4v) is 7.06. The normalized spacial score (nSPS) is 12.1. The van der Waals surface area contributed by atoms with Crippen LogP contribution < -0.4 is 15.4 Å². The number of anilines is 1. The summed E-state index contributed by atoms with van der Waals surface area (Å²) in [7, 11) is 1.52. The fourth-order valence-electron chi connectivity index (χ4n) is 5.00. The van der Waals surface area contributed by atoms with Crippen LogP contribution in [-0.2, 0) is 28.9 Å². The average molecular weight is 620 g/mol. The van der Waals surface area contributed by atoms with Crippen LogP contribution in [0.2, 0.25) is 0 Å². The lowest BCUT2D eigenvalue weighted by Crippen LogP contribution is -2.25. The maximum atomic E-state index is 13.1. The molecule has 4 aromatic rings. The Morgan fingerprint density at radius 1 is 1.09 bits per heavy atom. The van der Waals surface area contributed by atoms with Gasteiger partial charge in [0.2, 0.25) is 5.91 Å². The number of esters is 1. The van der Waals surface area contributed by atoms with Crippen molar-refractivity contribution in [1.29, 1.82) is 0 Å². The van der Waals surface area contributed by atoms with Crippen molar-refractivity contribution < 1.29 is 23.9 Å². The van der Waals surface area contributed by atoms with Crippen molar-refractivity contribution in [3.05, 3.63) is 81.0 Å². The number of aryl methyl sites for hydroxylation is 3. The van der Waals surface area contributed by atoms with E-state index in [0.29, 0.717) is 32.9 Å². The number of rotatable bonds is 11. The molecule has 0 fully saturated rings. The molecule has 1 aliphatic rings. The van der Waals surface area contributed by atoms with Gasteiger partial charge in [-0.05, 0) is 74.9 Å². The van der Waals surface area contributed by atoms with Crippen LogP contribution in [0.3, 0.4) is 0 Å². The number of methoxy groups -OCH3 is 1. The van der Waals surface area contributed by atoms with Gasteiger partial charge in [-0.1, -0.05) is 36.0 Å². The van der Waals surface area contributed by atoms with E-state index in [9.17, 15) is 14.4 Å². The summed E-state index contributed by atoms with van der Waals surface area (Å²) in [5, 5.41) is 15.7. The first-order valence-electron chi connectivity index (χ1n) is 14.0. The molecule has 0 unspecified atom stereocenters. The fraction of sp³-hybridized carbons (Fsp3) is 0.323. The lowest BCUT2D eigenvalue weighted by molar-refractivity contribution is -0.113. The minimum atomic E-state index is -0.403. The van der Waals surface area contributed by atoms with Gasteiger partial charge in [-0.25, -0.2) is 4.79 Å². The van der Waals surface area contributed by atoms with E-state index in [1.807, 2.05) is 36.6 Å². The molecule has 2 aromatic heterocycles. The van der Waals surface area contributed by atoms with Crippen molar-refractivity contribution >= 4 is 45.9 Å². The second-order valence-electron chi connectivity index (χ2n) is 10.0. The van der Waals surface area contributed by atoms with Gasteiger partial charge < -0.3 is 20.1 Å². The summed E-state index contributed by atoms with van der Waals surface area (Å²) in [5.41, 5.74) is 4.76. The molecular weight excluding hydrogens is 587 g/mol. The van der Waals surface area contributed by atoms with E-state index in [4.69, 9.17) is 9.47 Å². The number of carbonyl (C=O) groups is 3. The largest absolute Gasteiger partial charge is 0.496 e. The molecular formula is C31H33N5O5S2. The number of ether oxygens (including phenoxy) is 2. The number of nitrogens with one attached hydrogen (secondary N) is 2. The maximum absolute atomic E-state index is 13.1. The number of hydrogen-bond acceptors (Lipinski definition) is 9. The molecule has 10 nitrogen and oxygen atoms in total. The van der Waals surface area contributed by atoms with Crippen LogP contribution in [0.4, 0.5) is 5.00 Å². The molecule has 2 aromatic carbocycles. The summed E-state index contributed by atoms with van der Waals surface area (Å²) >= 11 is 2.68. The van der Waals surface area contributed by atoms with Gasteiger partial charge in [0.15, 0.2) is 11.0 Å². The first-order valence-corrected chi connectivity index (χ1v) is 15.8. The van der Waals surface area contributed by atoms with Crippen LogP contribution in [0.25, 0.3) is 5.69 Å². The first kappa shape index (κ1) is 30.3. The molecule has 0 bridgehead atoms. The van der Waals surface area contributed by atoms with Crippen LogP contribution in [0.1, 0.15) is 61.5 Å². The zero-order valence-electron chi connectivity index (χ0n) is 24.5. The Bertz CT molecular complexity index is 1680. The van der Waals surface area contributed by atoms with Crippen LogP contribution in [0.15, 0.2) is 47.6 Å². The van der Waals surface area contributed by atoms with E-state index in [-0.39, 0.29) is 30.7 Å². The number of para-hydroxylation sites is 1. The number of benzene rings is 2. The lowest BCUT2D eigenvalue weighted by atomic mass is 10.1. The number of nitrogens with zero attached hydrogens (tertiary/aromatic N) is 3. The Kier molecular flexibility index (Phi) is 9.46. The highest BCUT2D eigenvalue weighted by atomic mass is 32.2. The zero-order valence-corrected chi connectivity index (χ0v) is 26.1. The SMILES string of the molecule is CCOC(=O)c1c(NC(=O)CSc2nnc(CNC(=O)c3ccccc3OC)n2-c2cc(C)ccc2C)sc2c1CCC2. The molecule has 0 saturated heterocycles. The van der Waals surface area contributed by atoms with Crippen LogP contribution >= 0.6 is 23.1 Å². The molecule has 0 atom stereocenters. The van der Waals surface area contributed by atoms with Crippen LogP contribution in [0, 0.1) is 13.8 Å². The van der Waals surface area contributed by atoms with Gasteiger partial charge in [-0.2, -0.15) is 0 Å². The lowest BCUT2D eigenvalue weighted by Gasteiger charge is -2.14. The number of thioether (sulfide) groups is 1. The second-order valence-corrected chi connectivity index (χ2v) is 12.1. The Balaban J connectivity index is 1.36. The van der Waals surface area contributed by atoms with Crippen LogP contribution in [0.5, 0.6) is 5.75 Å². The van der Waals surface area contributed by atoms with Gasteiger partial charge in [-0.3, -0.25) is 14.2 Å². The van der Waals surface area contributed by atoms with Crippen molar-refractivity contribution in [2.75, 3.05) is 24.8 Å². The summed E-state index contributed by atoms with van der Waals surface area (Å²) in [6, 6.07) is 13.0. The maximum Gasteiger partial charge on any atom is 0.341 e. The Morgan fingerprint density at radius 3 is 2.70 bits per heavy atom. The van der Waals surface area contributed by atoms with Crippen molar-refractivity contribution in [3.63, 3.8) is 0 Å². The minimum Gasteiger partial charge on any atom is -0.496 e. The molecule has 0 aliphatic heterocycles. The first-order chi connectivity index (χ1) is 20.8. The number of amides is 2. The van der Waals surface area contributed by atoms with Gasteiger partial charge >= 0.3 is 5.97 Å². The average Bonchev–Trinajstić information content (AvgIpc) is 3.70. The van der Waals surface area contributed by atoms with E-state index in [0.717, 1.165) is 46.5 Å². The zero-order chi connectivity index (χ0) is 30.5. The summed E-state index contributed by atoms with van der Waals surface area (Å²) in [4.78, 5) is 40.0. The third-order valence-electron chi connectivity index (χ3n) is 7.05. The molecule has 1 aliphatic carbocycles. The molecule has 12 heteroatoms. The molecule has 2 amide bonds. The van der Waals surface area contributed by atoms with Gasteiger partial charge in [0.05, 0.1) is 42.8 Å². The van der Waals surface area contributed by atoms with E-state index in [1.54, 1.807) is 31.2 Å². The van der Waals surface area contributed by atoms with Crippen LogP contribution in [-0.4, -0.2) is 52.0 Å². The monoisotopic (exact) mass is 619 g/mol. The Labute approximate surface area is 258 Å². The number of aromatic nitrogens is 3. The van der Waals surface area contributed by atoms with E-state index in [1.165, 1.54) is 30.2 Å². The van der Waals surface area contributed by atoms with E-state index >= 15 is 0 Å². The molecule has 43 heavy (non-hydrogen) atoms. The molecule has 224 valence electrons. The van der Waals surface area contributed by atoms with E-state index in [2.05, 4.69) is 20.8 Å². The topological polar surface area (TPSA) is 124 Å². The summed E-state index contributed by atoms with van der Waals surface area (Å²) in [6.07, 6.45) is 2.69. The molecule has 0 saturated carbocycles. The third-order valence-corrected chi connectivity index (χ3v) is 9.19. The highest BCUT2D eigenvalue weighted by Gasteiger charge is 2.28. The third kappa shape index (κ3) is 6.60. The highest BCUT2D eigenvalue weighted by molar-refractivity contribution is 7.99. The molecule has 0 radical (unpaired) electrons. The standard InChI is InChI=1S/C31H33N5O5S2/c1-5-41-30(39)27-21-10-8-12-24(21)43-29(27)33-26(37)17-42-31-35-34-25(36(31)22-15-18(2)13-14-19(22)3)16-32-28(38)20-9-6-7-11-23(20)40-4/h6-7,9,11,13-15H,5,8,10,12,16-17H2,1-4H3,(H,32,38)(H,33,37). The highest BCUT2D eigenvalue weighted by Crippen LogP contribution is 2.39. The number of fused-ring (bicyclic) bond motifs is 1. The summed E-state index contributed by atoms with van der Waals surface area (Å²) in [5.74, 6) is 0.0547. The van der Waals surface area contributed by atoms with Gasteiger partial charge in [0.1, 0.15) is 10.8 Å². The summed E-state index contributed by atoms with van der Waals surface area (Å²) in [6.45, 7) is 6.12.